The fourth-order valence-electron chi connectivity index (χ4n) is 3.20. The van der Waals surface area contributed by atoms with E-state index in [-0.39, 0.29) is 23.7 Å². The number of nitrogen functional groups attached to an aromatic ring is 1. The molecule has 2 unspecified atom stereocenters. The van der Waals surface area contributed by atoms with Gasteiger partial charge in [0.15, 0.2) is 0 Å². The number of imide groups is 1. The van der Waals surface area contributed by atoms with Crippen molar-refractivity contribution >= 4 is 17.5 Å². The number of nitrogens with two attached hydrogens (primary N) is 1. The molecular weight excluding hydrogens is 256 g/mol. The van der Waals surface area contributed by atoms with Gasteiger partial charge in [0.2, 0.25) is 11.8 Å². The lowest BCUT2D eigenvalue weighted by molar-refractivity contribution is -0.153. The van der Waals surface area contributed by atoms with Crippen LogP contribution in [0.5, 0.6) is 5.75 Å². The third kappa shape index (κ3) is 2.03. The number of piperidine rings is 1. The average molecular weight is 274 g/mol. The number of ether oxygens (including phenoxy) is 1. The maximum Gasteiger partial charge on any atom is 0.232 e. The summed E-state index contributed by atoms with van der Waals surface area (Å²) in [5, 5.41) is 0. The van der Waals surface area contributed by atoms with Crippen molar-refractivity contribution in [1.82, 2.24) is 4.90 Å². The minimum atomic E-state index is -0.0295. The van der Waals surface area contributed by atoms with Crippen molar-refractivity contribution in [2.24, 2.45) is 11.8 Å². The monoisotopic (exact) mass is 274 g/mol. The van der Waals surface area contributed by atoms with E-state index in [9.17, 15) is 9.59 Å². The van der Waals surface area contributed by atoms with Gasteiger partial charge in [0.1, 0.15) is 5.75 Å². The highest BCUT2D eigenvalue weighted by Crippen LogP contribution is 2.38. The number of amides is 2. The van der Waals surface area contributed by atoms with Crippen LogP contribution in [0, 0.1) is 11.8 Å². The van der Waals surface area contributed by atoms with E-state index in [1.807, 2.05) is 6.07 Å². The molecule has 1 saturated carbocycles. The van der Waals surface area contributed by atoms with Gasteiger partial charge in [-0.05, 0) is 37.0 Å². The first kappa shape index (κ1) is 13.0. The zero-order chi connectivity index (χ0) is 14.3. The highest BCUT2D eigenvalue weighted by molar-refractivity contribution is 6.00. The smallest absolute Gasteiger partial charge is 0.232 e. The fraction of sp³-hybridized carbons (Fsp3) is 0.467. The SMILES string of the molecule is COc1ccc(CN2C(=O)C3CCC(C3)C2=O)cc1N. The van der Waals surface area contributed by atoms with Crippen LogP contribution in [0.15, 0.2) is 18.2 Å². The second-order valence-electron chi connectivity index (χ2n) is 5.55. The molecule has 0 aromatic heterocycles. The Hall–Kier alpha value is -2.04. The third-order valence-electron chi connectivity index (χ3n) is 4.30. The maximum absolute atomic E-state index is 12.3. The van der Waals surface area contributed by atoms with Crippen LogP contribution < -0.4 is 10.5 Å². The lowest BCUT2D eigenvalue weighted by atomic mass is 9.96. The molecule has 2 amide bonds. The third-order valence-corrected chi connectivity index (χ3v) is 4.30. The van der Waals surface area contributed by atoms with E-state index in [1.165, 1.54) is 4.90 Å². The Labute approximate surface area is 117 Å². The van der Waals surface area contributed by atoms with Gasteiger partial charge in [-0.1, -0.05) is 6.07 Å². The number of nitrogens with zero attached hydrogens (tertiary/aromatic N) is 1. The molecule has 1 aliphatic heterocycles. The van der Waals surface area contributed by atoms with E-state index in [4.69, 9.17) is 10.5 Å². The summed E-state index contributed by atoms with van der Waals surface area (Å²) in [6.07, 6.45) is 2.42. The number of fused-ring (bicyclic) bond motifs is 2. The average Bonchev–Trinajstić information content (AvgIpc) is 2.89. The van der Waals surface area contributed by atoms with E-state index < -0.39 is 0 Å². The zero-order valence-corrected chi connectivity index (χ0v) is 11.5. The molecule has 1 aromatic rings. The molecule has 5 nitrogen and oxygen atoms in total. The van der Waals surface area contributed by atoms with Crippen molar-refractivity contribution in [3.05, 3.63) is 23.8 Å². The molecule has 3 rings (SSSR count). The van der Waals surface area contributed by atoms with Crippen molar-refractivity contribution in [1.29, 1.82) is 0 Å². The fourth-order valence-corrected chi connectivity index (χ4v) is 3.20. The highest BCUT2D eigenvalue weighted by Gasteiger charge is 2.45. The van der Waals surface area contributed by atoms with E-state index >= 15 is 0 Å². The number of anilines is 1. The first-order valence-electron chi connectivity index (χ1n) is 6.87. The van der Waals surface area contributed by atoms with Crippen LogP contribution in [0.1, 0.15) is 24.8 Å². The van der Waals surface area contributed by atoms with Crippen molar-refractivity contribution < 1.29 is 14.3 Å². The predicted molar refractivity (Wildman–Crippen MR) is 73.8 cm³/mol. The normalized spacial score (nSPS) is 25.1. The van der Waals surface area contributed by atoms with Crippen LogP contribution in [-0.4, -0.2) is 23.8 Å². The Bertz CT molecular complexity index is 548. The number of hydrogen-bond acceptors (Lipinski definition) is 4. The first-order valence-corrected chi connectivity index (χ1v) is 6.87. The summed E-state index contributed by atoms with van der Waals surface area (Å²) in [6.45, 7) is 0.304. The first-order chi connectivity index (χ1) is 9.60. The quantitative estimate of drug-likeness (QED) is 0.670. The second-order valence-corrected chi connectivity index (χ2v) is 5.55. The largest absolute Gasteiger partial charge is 0.495 e. The lowest BCUT2D eigenvalue weighted by Crippen LogP contribution is -2.45. The number of methoxy groups -OCH3 is 1. The molecule has 2 atom stereocenters. The summed E-state index contributed by atoms with van der Waals surface area (Å²) >= 11 is 0. The summed E-state index contributed by atoms with van der Waals surface area (Å²) in [5.74, 6) is 0.614. The van der Waals surface area contributed by atoms with Crippen molar-refractivity contribution in [3.8, 4) is 5.75 Å². The molecule has 2 fully saturated rings. The van der Waals surface area contributed by atoms with Crippen LogP contribution in [-0.2, 0) is 16.1 Å². The van der Waals surface area contributed by atoms with E-state index in [2.05, 4.69) is 0 Å². The summed E-state index contributed by atoms with van der Waals surface area (Å²) in [6, 6.07) is 5.36. The predicted octanol–water partition coefficient (Wildman–Crippen LogP) is 1.56. The van der Waals surface area contributed by atoms with E-state index in [0.717, 1.165) is 24.8 Å². The van der Waals surface area contributed by atoms with Gasteiger partial charge in [0.05, 0.1) is 19.3 Å². The molecule has 2 aliphatic rings. The van der Waals surface area contributed by atoms with Crippen LogP contribution in [0.25, 0.3) is 0 Å². The molecule has 5 heteroatoms. The molecule has 106 valence electrons. The van der Waals surface area contributed by atoms with Crippen LogP contribution in [0.3, 0.4) is 0 Å². The minimum absolute atomic E-state index is 0.0295. The Morgan fingerprint density at radius 1 is 1.25 bits per heavy atom. The van der Waals surface area contributed by atoms with Gasteiger partial charge in [-0.15, -0.1) is 0 Å². The number of carbonyl (C=O) groups excluding carboxylic acids is 2. The number of benzene rings is 1. The van der Waals surface area contributed by atoms with E-state index in [0.29, 0.717) is 18.0 Å². The number of hydrogen-bond donors (Lipinski definition) is 1. The van der Waals surface area contributed by atoms with Gasteiger partial charge in [0, 0.05) is 11.8 Å². The topological polar surface area (TPSA) is 72.6 Å². The molecule has 1 aliphatic carbocycles. The lowest BCUT2D eigenvalue weighted by Gasteiger charge is -2.29. The molecule has 1 aromatic carbocycles. The molecule has 2 bridgehead atoms. The Balaban J connectivity index is 1.82. The number of rotatable bonds is 3. The minimum Gasteiger partial charge on any atom is -0.495 e. The molecule has 1 heterocycles. The van der Waals surface area contributed by atoms with Crippen LogP contribution in [0.2, 0.25) is 0 Å². The van der Waals surface area contributed by atoms with Gasteiger partial charge >= 0.3 is 0 Å². The van der Waals surface area contributed by atoms with Gasteiger partial charge < -0.3 is 10.5 Å². The zero-order valence-electron chi connectivity index (χ0n) is 11.5. The van der Waals surface area contributed by atoms with Gasteiger partial charge in [-0.25, -0.2) is 0 Å². The number of likely N-dealkylation sites (tertiary alicyclic amines) is 1. The molecular formula is C15H18N2O3. The van der Waals surface area contributed by atoms with Crippen LogP contribution in [0.4, 0.5) is 5.69 Å². The second kappa shape index (κ2) is 4.81. The molecule has 1 saturated heterocycles. The van der Waals surface area contributed by atoms with Crippen molar-refractivity contribution in [3.63, 3.8) is 0 Å². The van der Waals surface area contributed by atoms with Crippen molar-refractivity contribution in [2.45, 2.75) is 25.8 Å². The summed E-state index contributed by atoms with van der Waals surface area (Å²) < 4.78 is 5.10. The molecule has 0 spiro atoms. The Kier molecular flexibility index (Phi) is 3.12. The highest BCUT2D eigenvalue weighted by atomic mass is 16.5. The Morgan fingerprint density at radius 2 is 1.90 bits per heavy atom. The molecule has 20 heavy (non-hydrogen) atoms. The maximum atomic E-state index is 12.3. The molecule has 0 radical (unpaired) electrons. The van der Waals surface area contributed by atoms with E-state index in [1.54, 1.807) is 19.2 Å². The summed E-state index contributed by atoms with van der Waals surface area (Å²) in [5.41, 5.74) is 7.23. The summed E-state index contributed by atoms with van der Waals surface area (Å²) in [4.78, 5) is 25.9. The van der Waals surface area contributed by atoms with Gasteiger partial charge in [-0.3, -0.25) is 14.5 Å². The van der Waals surface area contributed by atoms with Gasteiger partial charge in [0.25, 0.3) is 0 Å². The standard InChI is InChI=1S/C15H18N2O3/c1-20-13-5-2-9(6-12(13)16)8-17-14(18)10-3-4-11(7-10)15(17)19/h2,5-6,10-11H,3-4,7-8,16H2,1H3. The molecule has 2 N–H and O–H groups in total. The number of carbonyl (C=O) groups is 2. The van der Waals surface area contributed by atoms with Crippen LogP contribution >= 0.6 is 0 Å². The Morgan fingerprint density at radius 3 is 2.45 bits per heavy atom. The van der Waals surface area contributed by atoms with Crippen molar-refractivity contribution in [2.75, 3.05) is 12.8 Å². The van der Waals surface area contributed by atoms with Gasteiger partial charge in [-0.2, -0.15) is 0 Å². The summed E-state index contributed by atoms with van der Waals surface area (Å²) in [7, 11) is 1.56.